The maximum absolute atomic E-state index is 12.2. The third-order valence-electron chi connectivity index (χ3n) is 3.32. The van der Waals surface area contributed by atoms with Crippen molar-refractivity contribution in [3.05, 3.63) is 71.8 Å². The Kier molecular flexibility index (Phi) is 6.46. The highest BCUT2D eigenvalue weighted by molar-refractivity contribution is 5.92. The van der Waals surface area contributed by atoms with Crippen molar-refractivity contribution in [3.63, 3.8) is 0 Å². The Labute approximate surface area is 149 Å². The van der Waals surface area contributed by atoms with E-state index < -0.39 is 30.1 Å². The molecule has 0 spiro atoms. The second-order valence-corrected chi connectivity index (χ2v) is 5.04. The number of nitriles is 1. The molecule has 0 aliphatic rings. The molecule has 0 aliphatic carbocycles. The fourth-order valence-corrected chi connectivity index (χ4v) is 2.02. The summed E-state index contributed by atoms with van der Waals surface area (Å²) in [4.78, 5) is 36.2. The van der Waals surface area contributed by atoms with Gasteiger partial charge in [0.2, 0.25) is 12.2 Å². The molecule has 0 amide bonds. The zero-order valence-corrected chi connectivity index (χ0v) is 13.8. The summed E-state index contributed by atoms with van der Waals surface area (Å²) in [6.07, 6.45) is -3.38. The number of ether oxygens (including phenoxy) is 3. The van der Waals surface area contributed by atoms with Crippen molar-refractivity contribution in [2.75, 3.05) is 7.11 Å². The minimum absolute atomic E-state index is 0.174. The minimum atomic E-state index is -1.72. The van der Waals surface area contributed by atoms with E-state index in [1.54, 1.807) is 42.5 Å². The molecule has 0 fully saturated rings. The number of nitrogens with zero attached hydrogens (tertiary/aromatic N) is 1. The summed E-state index contributed by atoms with van der Waals surface area (Å²) >= 11 is 0. The molecule has 0 heterocycles. The number of hydrogen-bond donors (Lipinski definition) is 0. The van der Waals surface area contributed by atoms with Gasteiger partial charge in [0.25, 0.3) is 0 Å². The van der Waals surface area contributed by atoms with E-state index in [9.17, 15) is 19.6 Å². The fraction of sp³-hybridized carbons (Fsp3) is 0.158. The van der Waals surface area contributed by atoms with E-state index in [-0.39, 0.29) is 11.1 Å². The van der Waals surface area contributed by atoms with Crippen LogP contribution in [0.25, 0.3) is 0 Å². The van der Waals surface area contributed by atoms with Gasteiger partial charge in [-0.05, 0) is 24.3 Å². The zero-order valence-electron chi connectivity index (χ0n) is 13.8. The summed E-state index contributed by atoms with van der Waals surface area (Å²) < 4.78 is 14.7. The lowest BCUT2D eigenvalue weighted by Gasteiger charge is -2.20. The van der Waals surface area contributed by atoms with Crippen LogP contribution in [0.4, 0.5) is 0 Å². The van der Waals surface area contributed by atoms with Gasteiger partial charge in [-0.3, -0.25) is 0 Å². The van der Waals surface area contributed by atoms with Gasteiger partial charge in [0.05, 0.1) is 18.2 Å². The van der Waals surface area contributed by atoms with Crippen molar-refractivity contribution >= 4 is 17.9 Å². The van der Waals surface area contributed by atoms with Crippen LogP contribution in [0.15, 0.2) is 60.7 Å². The summed E-state index contributed by atoms with van der Waals surface area (Å²) in [6.45, 7) is 0. The van der Waals surface area contributed by atoms with Gasteiger partial charge in [-0.1, -0.05) is 36.4 Å². The molecule has 132 valence electrons. The molecule has 0 saturated heterocycles. The summed E-state index contributed by atoms with van der Waals surface area (Å²) in [5.41, 5.74) is 0.359. The van der Waals surface area contributed by atoms with Crippen molar-refractivity contribution in [1.82, 2.24) is 0 Å². The van der Waals surface area contributed by atoms with Crippen molar-refractivity contribution in [2.24, 2.45) is 0 Å². The Morgan fingerprint density at radius 2 is 1.31 bits per heavy atom. The van der Waals surface area contributed by atoms with Crippen LogP contribution in [0.3, 0.4) is 0 Å². The summed E-state index contributed by atoms with van der Waals surface area (Å²) in [5.74, 6) is -2.69. The summed E-state index contributed by atoms with van der Waals surface area (Å²) in [5, 5.41) is 9.29. The molecule has 2 rings (SSSR count). The van der Waals surface area contributed by atoms with E-state index in [0.717, 1.165) is 7.11 Å². The molecule has 0 unspecified atom stereocenters. The molecule has 0 N–H and O–H groups in total. The molecule has 26 heavy (non-hydrogen) atoms. The van der Waals surface area contributed by atoms with Crippen molar-refractivity contribution in [2.45, 2.75) is 12.2 Å². The lowest BCUT2D eigenvalue weighted by Crippen LogP contribution is -2.41. The summed E-state index contributed by atoms with van der Waals surface area (Å²) in [7, 11) is 1.07. The van der Waals surface area contributed by atoms with Crippen LogP contribution in [0.5, 0.6) is 0 Å². The van der Waals surface area contributed by atoms with Gasteiger partial charge in [0.1, 0.15) is 6.07 Å². The average Bonchev–Trinajstić information content (AvgIpc) is 2.70. The van der Waals surface area contributed by atoms with Crippen LogP contribution in [0.1, 0.15) is 20.7 Å². The van der Waals surface area contributed by atoms with Gasteiger partial charge in [0, 0.05) is 0 Å². The third kappa shape index (κ3) is 4.68. The number of carbonyl (C=O) groups excluding carboxylic acids is 3. The largest absolute Gasteiger partial charge is 0.466 e. The highest BCUT2D eigenvalue weighted by Crippen LogP contribution is 2.13. The molecule has 0 bridgehead atoms. The van der Waals surface area contributed by atoms with E-state index >= 15 is 0 Å². The SMILES string of the molecule is COC(=O)[C@H](OC(=O)c1ccccc1)[C@H](C#N)OC(=O)c1ccccc1. The van der Waals surface area contributed by atoms with E-state index in [1.165, 1.54) is 24.3 Å². The van der Waals surface area contributed by atoms with Crippen LogP contribution in [0, 0.1) is 11.3 Å². The Morgan fingerprint density at radius 1 is 0.846 bits per heavy atom. The maximum atomic E-state index is 12.2. The molecule has 0 saturated carbocycles. The molecule has 0 aliphatic heterocycles. The van der Waals surface area contributed by atoms with Gasteiger partial charge < -0.3 is 14.2 Å². The first-order valence-corrected chi connectivity index (χ1v) is 7.56. The van der Waals surface area contributed by atoms with Gasteiger partial charge in [-0.15, -0.1) is 0 Å². The maximum Gasteiger partial charge on any atom is 0.352 e. The third-order valence-corrected chi connectivity index (χ3v) is 3.32. The number of methoxy groups -OCH3 is 1. The van der Waals surface area contributed by atoms with Crippen LogP contribution < -0.4 is 0 Å². The number of benzene rings is 2. The van der Waals surface area contributed by atoms with E-state index in [4.69, 9.17) is 9.47 Å². The number of hydrogen-bond acceptors (Lipinski definition) is 7. The zero-order chi connectivity index (χ0) is 18.9. The van der Waals surface area contributed by atoms with Gasteiger partial charge in [-0.25, -0.2) is 14.4 Å². The molecule has 7 heteroatoms. The quantitative estimate of drug-likeness (QED) is 0.579. The normalized spacial score (nSPS) is 12.2. The molecule has 7 nitrogen and oxygen atoms in total. The van der Waals surface area contributed by atoms with Crippen LogP contribution in [-0.4, -0.2) is 37.2 Å². The highest BCUT2D eigenvalue weighted by Gasteiger charge is 2.36. The molecular weight excluding hydrogens is 338 g/mol. The van der Waals surface area contributed by atoms with Crippen LogP contribution in [-0.2, 0) is 19.0 Å². The van der Waals surface area contributed by atoms with Gasteiger partial charge in [0.15, 0.2) is 0 Å². The number of carbonyl (C=O) groups is 3. The van der Waals surface area contributed by atoms with Gasteiger partial charge >= 0.3 is 17.9 Å². The van der Waals surface area contributed by atoms with Crippen molar-refractivity contribution < 1.29 is 28.6 Å². The minimum Gasteiger partial charge on any atom is -0.466 e. The van der Waals surface area contributed by atoms with E-state index in [0.29, 0.717) is 0 Å². The fourth-order valence-electron chi connectivity index (χ4n) is 2.02. The Bertz CT molecular complexity index is 813. The Balaban J connectivity index is 2.18. The monoisotopic (exact) mass is 353 g/mol. The predicted molar refractivity (Wildman–Crippen MR) is 88.9 cm³/mol. The lowest BCUT2D eigenvalue weighted by molar-refractivity contribution is -0.155. The van der Waals surface area contributed by atoms with E-state index in [2.05, 4.69) is 4.74 Å². The number of esters is 3. The molecule has 2 aromatic rings. The predicted octanol–water partition coefficient (Wildman–Crippen LogP) is 2.13. The first-order valence-electron chi connectivity index (χ1n) is 7.56. The van der Waals surface area contributed by atoms with Crippen LogP contribution in [0.2, 0.25) is 0 Å². The lowest BCUT2D eigenvalue weighted by atomic mass is 10.2. The first kappa shape index (κ1) is 18.7. The Hall–Kier alpha value is -3.66. The second-order valence-electron chi connectivity index (χ2n) is 5.04. The van der Waals surface area contributed by atoms with Crippen LogP contribution >= 0.6 is 0 Å². The standard InChI is InChI=1S/C19H15NO6/c1-24-19(23)16(26-18(22)14-10-6-3-7-11-14)15(12-20)25-17(21)13-8-4-2-5-9-13/h2-11,15-16H,1H3/t15-,16+/m0/s1. The topological polar surface area (TPSA) is 103 Å². The molecule has 0 radical (unpaired) electrons. The average molecular weight is 353 g/mol. The Morgan fingerprint density at radius 3 is 1.73 bits per heavy atom. The van der Waals surface area contributed by atoms with Crippen molar-refractivity contribution in [3.8, 4) is 6.07 Å². The molecule has 2 atom stereocenters. The number of rotatable bonds is 6. The summed E-state index contributed by atoms with van der Waals surface area (Å²) in [6, 6.07) is 17.5. The highest BCUT2D eigenvalue weighted by atomic mass is 16.6. The molecular formula is C19H15NO6. The molecule has 0 aromatic heterocycles. The van der Waals surface area contributed by atoms with E-state index in [1.807, 2.05) is 0 Å². The second kappa shape index (κ2) is 8.99. The smallest absolute Gasteiger partial charge is 0.352 e. The first-order chi connectivity index (χ1) is 12.6. The molecule has 2 aromatic carbocycles. The van der Waals surface area contributed by atoms with Gasteiger partial charge in [-0.2, -0.15) is 5.26 Å². The van der Waals surface area contributed by atoms with Crippen molar-refractivity contribution in [1.29, 1.82) is 5.26 Å².